The fourth-order valence-electron chi connectivity index (χ4n) is 2.68. The number of fused-ring (bicyclic) bond motifs is 3. The minimum atomic E-state index is -2.82. The van der Waals surface area contributed by atoms with E-state index in [1.165, 1.54) is 12.1 Å². The third kappa shape index (κ3) is 3.02. The maximum Gasteiger partial charge on any atom is 0.387 e. The largest absolute Gasteiger partial charge is 0.494 e. The van der Waals surface area contributed by atoms with E-state index in [1.54, 1.807) is 23.5 Å². The molecular formula is C18H14F2N2O2S. The van der Waals surface area contributed by atoms with Crippen molar-refractivity contribution in [1.29, 1.82) is 0 Å². The van der Waals surface area contributed by atoms with Crippen molar-refractivity contribution < 1.29 is 18.3 Å². The molecule has 0 spiro atoms. The van der Waals surface area contributed by atoms with Crippen LogP contribution in [0.5, 0.6) is 11.5 Å². The summed E-state index contributed by atoms with van der Waals surface area (Å²) in [6, 6.07) is 12.4. The SMILES string of the molecule is CCOc1ccc2c(c1)sc1nc(-c3ccc(OC(F)F)cc3)cn12. The minimum Gasteiger partial charge on any atom is -0.494 e. The molecule has 25 heavy (non-hydrogen) atoms. The second-order valence-corrected chi connectivity index (χ2v) is 6.36. The van der Waals surface area contributed by atoms with Gasteiger partial charge in [-0.1, -0.05) is 11.3 Å². The molecule has 0 bridgehead atoms. The smallest absolute Gasteiger partial charge is 0.387 e. The number of rotatable bonds is 5. The maximum absolute atomic E-state index is 12.2. The zero-order chi connectivity index (χ0) is 17.4. The predicted octanol–water partition coefficient (Wildman–Crippen LogP) is 5.22. The Labute approximate surface area is 146 Å². The first-order valence-electron chi connectivity index (χ1n) is 7.74. The molecule has 0 atom stereocenters. The highest BCUT2D eigenvalue weighted by Crippen LogP contribution is 2.32. The summed E-state index contributed by atoms with van der Waals surface area (Å²) in [5.41, 5.74) is 2.68. The number of imidazole rings is 1. The van der Waals surface area contributed by atoms with Crippen molar-refractivity contribution in [3.63, 3.8) is 0 Å². The lowest BCUT2D eigenvalue weighted by molar-refractivity contribution is -0.0498. The number of benzene rings is 2. The van der Waals surface area contributed by atoms with Crippen molar-refractivity contribution >= 4 is 26.5 Å². The van der Waals surface area contributed by atoms with Gasteiger partial charge in [0.05, 0.1) is 22.5 Å². The van der Waals surface area contributed by atoms with Crippen molar-refractivity contribution in [2.45, 2.75) is 13.5 Å². The fraction of sp³-hybridized carbons (Fsp3) is 0.167. The molecule has 7 heteroatoms. The lowest BCUT2D eigenvalue weighted by Gasteiger charge is -2.04. The molecule has 0 N–H and O–H groups in total. The third-order valence-corrected chi connectivity index (χ3v) is 4.77. The maximum atomic E-state index is 12.2. The minimum absolute atomic E-state index is 0.133. The monoisotopic (exact) mass is 360 g/mol. The summed E-state index contributed by atoms with van der Waals surface area (Å²) < 4.78 is 37.5. The highest BCUT2D eigenvalue weighted by molar-refractivity contribution is 7.23. The Balaban J connectivity index is 1.69. The van der Waals surface area contributed by atoms with Gasteiger partial charge in [-0.05, 0) is 49.4 Å². The van der Waals surface area contributed by atoms with Crippen molar-refractivity contribution in [1.82, 2.24) is 9.38 Å². The Morgan fingerprint density at radius 3 is 2.60 bits per heavy atom. The van der Waals surface area contributed by atoms with Crippen LogP contribution >= 0.6 is 11.3 Å². The van der Waals surface area contributed by atoms with Gasteiger partial charge in [0.2, 0.25) is 0 Å². The third-order valence-electron chi connectivity index (χ3n) is 3.75. The van der Waals surface area contributed by atoms with Crippen LogP contribution in [0, 0.1) is 0 Å². The van der Waals surface area contributed by atoms with Crippen LogP contribution in [-0.2, 0) is 0 Å². The first-order valence-corrected chi connectivity index (χ1v) is 8.55. The Hall–Kier alpha value is -2.67. The molecule has 4 nitrogen and oxygen atoms in total. The number of nitrogens with zero attached hydrogens (tertiary/aromatic N) is 2. The summed E-state index contributed by atoms with van der Waals surface area (Å²) in [6.07, 6.45) is 1.94. The molecule has 0 aliphatic heterocycles. The second-order valence-electron chi connectivity index (χ2n) is 5.35. The van der Waals surface area contributed by atoms with E-state index in [0.717, 1.165) is 32.2 Å². The molecule has 0 saturated carbocycles. The lowest BCUT2D eigenvalue weighted by atomic mass is 10.2. The highest BCUT2D eigenvalue weighted by Gasteiger charge is 2.11. The molecule has 0 aliphatic rings. The molecule has 2 aromatic heterocycles. The fourth-order valence-corrected chi connectivity index (χ4v) is 3.72. The van der Waals surface area contributed by atoms with Gasteiger partial charge in [-0.15, -0.1) is 0 Å². The van der Waals surface area contributed by atoms with Crippen LogP contribution in [0.15, 0.2) is 48.7 Å². The first-order chi connectivity index (χ1) is 12.1. The number of aromatic nitrogens is 2. The molecule has 128 valence electrons. The number of halogens is 2. The topological polar surface area (TPSA) is 35.8 Å². The van der Waals surface area contributed by atoms with Crippen LogP contribution in [0.1, 0.15) is 6.92 Å². The predicted molar refractivity (Wildman–Crippen MR) is 93.8 cm³/mol. The van der Waals surface area contributed by atoms with E-state index in [1.807, 2.05) is 35.7 Å². The van der Waals surface area contributed by atoms with E-state index >= 15 is 0 Å². The lowest BCUT2D eigenvalue weighted by Crippen LogP contribution is -2.01. The van der Waals surface area contributed by atoms with Gasteiger partial charge >= 0.3 is 6.61 Å². The molecule has 4 rings (SSSR count). The standard InChI is InChI=1S/C18H14F2N2O2S/c1-2-23-13-7-8-15-16(9-13)25-18-21-14(10-22(15)18)11-3-5-12(6-4-11)24-17(19)20/h3-10,17H,2H2,1H3. The van der Waals surface area contributed by atoms with Gasteiger partial charge in [0.1, 0.15) is 11.5 Å². The van der Waals surface area contributed by atoms with Crippen molar-refractivity contribution in [2.75, 3.05) is 6.61 Å². The quantitative estimate of drug-likeness (QED) is 0.490. The molecule has 0 aliphatic carbocycles. The van der Waals surface area contributed by atoms with E-state index in [2.05, 4.69) is 9.72 Å². The Morgan fingerprint density at radius 2 is 1.88 bits per heavy atom. The van der Waals surface area contributed by atoms with Crippen molar-refractivity contribution in [3.8, 4) is 22.8 Å². The number of hydrogen-bond acceptors (Lipinski definition) is 4. The van der Waals surface area contributed by atoms with E-state index in [-0.39, 0.29) is 5.75 Å². The summed E-state index contributed by atoms with van der Waals surface area (Å²) in [5.74, 6) is 0.975. The molecule has 2 aromatic carbocycles. The number of alkyl halides is 2. The summed E-state index contributed by atoms with van der Waals surface area (Å²) in [5, 5.41) is 0. The normalized spacial score (nSPS) is 11.5. The van der Waals surface area contributed by atoms with Crippen LogP contribution in [0.3, 0.4) is 0 Å². The molecule has 0 radical (unpaired) electrons. The molecule has 0 fully saturated rings. The average Bonchev–Trinajstić information content (AvgIpc) is 3.12. The van der Waals surface area contributed by atoms with Gasteiger partial charge in [0.25, 0.3) is 0 Å². The van der Waals surface area contributed by atoms with Crippen LogP contribution < -0.4 is 9.47 Å². The van der Waals surface area contributed by atoms with Crippen molar-refractivity contribution in [2.24, 2.45) is 0 Å². The summed E-state index contributed by atoms with van der Waals surface area (Å²) in [4.78, 5) is 5.51. The van der Waals surface area contributed by atoms with Gasteiger partial charge in [0.15, 0.2) is 4.96 Å². The summed E-state index contributed by atoms with van der Waals surface area (Å²) in [6.45, 7) is -0.240. The average molecular weight is 360 g/mol. The Bertz CT molecular complexity index is 1020. The molecule has 2 heterocycles. The molecule has 0 saturated heterocycles. The second kappa shape index (κ2) is 6.33. The number of ether oxygens (including phenoxy) is 2. The van der Waals surface area contributed by atoms with Gasteiger partial charge in [-0.3, -0.25) is 4.40 Å². The number of thiazole rings is 1. The Morgan fingerprint density at radius 1 is 1.12 bits per heavy atom. The van der Waals surface area contributed by atoms with Gasteiger partial charge in [-0.25, -0.2) is 4.98 Å². The molecule has 0 amide bonds. The van der Waals surface area contributed by atoms with Crippen LogP contribution in [-0.4, -0.2) is 22.6 Å². The number of hydrogen-bond donors (Lipinski definition) is 0. The van der Waals surface area contributed by atoms with Gasteiger partial charge in [0, 0.05) is 11.8 Å². The first kappa shape index (κ1) is 15.8. The summed E-state index contributed by atoms with van der Waals surface area (Å²) >= 11 is 1.58. The summed E-state index contributed by atoms with van der Waals surface area (Å²) in [7, 11) is 0. The van der Waals surface area contributed by atoms with Crippen LogP contribution in [0.4, 0.5) is 8.78 Å². The molecule has 4 aromatic rings. The van der Waals surface area contributed by atoms with Crippen molar-refractivity contribution in [3.05, 3.63) is 48.7 Å². The Kier molecular flexibility index (Phi) is 4.01. The van der Waals surface area contributed by atoms with Crippen LogP contribution in [0.2, 0.25) is 0 Å². The van der Waals surface area contributed by atoms with Crippen LogP contribution in [0.25, 0.3) is 26.4 Å². The van der Waals surface area contributed by atoms with Gasteiger partial charge < -0.3 is 9.47 Å². The molecular weight excluding hydrogens is 346 g/mol. The van der Waals surface area contributed by atoms with Gasteiger partial charge in [-0.2, -0.15) is 8.78 Å². The highest BCUT2D eigenvalue weighted by atomic mass is 32.1. The molecule has 0 unspecified atom stereocenters. The zero-order valence-corrected chi connectivity index (χ0v) is 14.1. The van der Waals surface area contributed by atoms with E-state index < -0.39 is 6.61 Å². The zero-order valence-electron chi connectivity index (χ0n) is 13.3. The van der Waals surface area contributed by atoms with E-state index in [0.29, 0.717) is 6.61 Å². The van der Waals surface area contributed by atoms with E-state index in [4.69, 9.17) is 4.74 Å². The van der Waals surface area contributed by atoms with E-state index in [9.17, 15) is 8.78 Å².